The number of hydrogen-bond donors (Lipinski definition) is 2. The molecule has 5 heteroatoms. The molecule has 3 rings (SSSR count). The lowest BCUT2D eigenvalue weighted by molar-refractivity contribution is 0.250. The number of anilines is 1. The summed E-state index contributed by atoms with van der Waals surface area (Å²) in [6.07, 6.45) is 1.71. The Kier molecular flexibility index (Phi) is 4.65. The number of aromatic nitrogens is 1. The van der Waals surface area contributed by atoms with Gasteiger partial charge in [-0.05, 0) is 67.1 Å². The SMILES string of the molecule is Cc1ccc(F)cc1-c1ccc2cc(NC(=O)NC(C)C)ncc2c1. The molecule has 0 aliphatic heterocycles. The number of benzene rings is 2. The Labute approximate surface area is 146 Å². The van der Waals surface area contributed by atoms with Crippen molar-refractivity contribution in [1.29, 1.82) is 0 Å². The van der Waals surface area contributed by atoms with Crippen LogP contribution >= 0.6 is 0 Å². The number of nitrogens with zero attached hydrogens (tertiary/aromatic N) is 1. The molecular weight excluding hydrogens is 317 g/mol. The maximum atomic E-state index is 13.6. The number of amides is 2. The maximum Gasteiger partial charge on any atom is 0.320 e. The van der Waals surface area contributed by atoms with Gasteiger partial charge in [0.05, 0.1) is 0 Å². The summed E-state index contributed by atoms with van der Waals surface area (Å²) in [5, 5.41) is 7.35. The van der Waals surface area contributed by atoms with Crippen LogP contribution < -0.4 is 10.6 Å². The molecule has 0 aliphatic rings. The lowest BCUT2D eigenvalue weighted by Gasteiger charge is -2.11. The summed E-state index contributed by atoms with van der Waals surface area (Å²) in [7, 11) is 0. The van der Waals surface area contributed by atoms with Crippen LogP contribution in [0.4, 0.5) is 15.0 Å². The molecule has 3 aromatic rings. The van der Waals surface area contributed by atoms with E-state index in [-0.39, 0.29) is 17.9 Å². The second kappa shape index (κ2) is 6.89. The van der Waals surface area contributed by atoms with Gasteiger partial charge in [-0.25, -0.2) is 14.2 Å². The van der Waals surface area contributed by atoms with Gasteiger partial charge >= 0.3 is 6.03 Å². The summed E-state index contributed by atoms with van der Waals surface area (Å²) in [5.41, 5.74) is 2.81. The van der Waals surface area contributed by atoms with E-state index in [1.54, 1.807) is 12.3 Å². The van der Waals surface area contributed by atoms with Crippen LogP contribution in [0, 0.1) is 12.7 Å². The zero-order valence-corrected chi connectivity index (χ0v) is 14.4. The highest BCUT2D eigenvalue weighted by atomic mass is 19.1. The van der Waals surface area contributed by atoms with E-state index in [4.69, 9.17) is 0 Å². The Bertz CT molecular complexity index is 937. The van der Waals surface area contributed by atoms with Crippen molar-refractivity contribution in [1.82, 2.24) is 10.3 Å². The second-order valence-corrected chi connectivity index (χ2v) is 6.34. The fourth-order valence-electron chi connectivity index (χ4n) is 2.70. The van der Waals surface area contributed by atoms with Crippen LogP contribution in [0.3, 0.4) is 0 Å². The van der Waals surface area contributed by atoms with Gasteiger partial charge in [0.1, 0.15) is 11.6 Å². The van der Waals surface area contributed by atoms with Crippen molar-refractivity contribution >= 4 is 22.6 Å². The van der Waals surface area contributed by atoms with E-state index in [9.17, 15) is 9.18 Å². The highest BCUT2D eigenvalue weighted by Gasteiger charge is 2.08. The van der Waals surface area contributed by atoms with E-state index in [1.807, 2.05) is 45.0 Å². The van der Waals surface area contributed by atoms with E-state index >= 15 is 0 Å². The first kappa shape index (κ1) is 16.9. The number of rotatable bonds is 3. The Hall–Kier alpha value is -2.95. The predicted octanol–water partition coefficient (Wildman–Crippen LogP) is 4.88. The molecule has 2 amide bonds. The number of aryl methyl sites for hydroxylation is 1. The lowest BCUT2D eigenvalue weighted by Crippen LogP contribution is -2.34. The number of urea groups is 1. The molecule has 0 saturated carbocycles. The summed E-state index contributed by atoms with van der Waals surface area (Å²) in [6, 6.07) is 12.2. The van der Waals surface area contributed by atoms with Crippen LogP contribution in [-0.4, -0.2) is 17.1 Å². The van der Waals surface area contributed by atoms with Crippen LogP contribution in [0.1, 0.15) is 19.4 Å². The summed E-state index contributed by atoms with van der Waals surface area (Å²) in [5.74, 6) is 0.231. The molecule has 0 unspecified atom stereocenters. The summed E-state index contributed by atoms with van der Waals surface area (Å²) in [6.45, 7) is 5.74. The van der Waals surface area contributed by atoms with Gasteiger partial charge in [0.25, 0.3) is 0 Å². The van der Waals surface area contributed by atoms with Gasteiger partial charge in [-0.2, -0.15) is 0 Å². The molecule has 4 nitrogen and oxygen atoms in total. The normalized spacial score (nSPS) is 10.9. The highest BCUT2D eigenvalue weighted by Crippen LogP contribution is 2.28. The van der Waals surface area contributed by atoms with E-state index in [0.29, 0.717) is 5.82 Å². The van der Waals surface area contributed by atoms with Crippen molar-refractivity contribution in [3.8, 4) is 11.1 Å². The fraction of sp³-hybridized carbons (Fsp3) is 0.200. The summed E-state index contributed by atoms with van der Waals surface area (Å²) >= 11 is 0. The van der Waals surface area contributed by atoms with Crippen molar-refractivity contribution in [3.63, 3.8) is 0 Å². The van der Waals surface area contributed by atoms with Crippen LogP contribution in [0.2, 0.25) is 0 Å². The zero-order chi connectivity index (χ0) is 18.0. The molecule has 0 atom stereocenters. The Morgan fingerprint density at radius 2 is 1.88 bits per heavy atom. The van der Waals surface area contributed by atoms with Gasteiger partial charge in [-0.1, -0.05) is 18.2 Å². The molecule has 1 aromatic heterocycles. The molecule has 2 aromatic carbocycles. The third kappa shape index (κ3) is 3.94. The van der Waals surface area contributed by atoms with Crippen LogP contribution in [0.15, 0.2) is 48.7 Å². The zero-order valence-electron chi connectivity index (χ0n) is 14.4. The largest absolute Gasteiger partial charge is 0.336 e. The molecule has 0 fully saturated rings. The van der Waals surface area contributed by atoms with Crippen LogP contribution in [0.25, 0.3) is 21.9 Å². The average molecular weight is 337 g/mol. The van der Waals surface area contributed by atoms with Crippen molar-refractivity contribution < 1.29 is 9.18 Å². The van der Waals surface area contributed by atoms with Gasteiger partial charge in [0, 0.05) is 17.6 Å². The Morgan fingerprint density at radius 3 is 2.64 bits per heavy atom. The summed E-state index contributed by atoms with van der Waals surface area (Å²) < 4.78 is 13.6. The maximum absolute atomic E-state index is 13.6. The van der Waals surface area contributed by atoms with Crippen molar-refractivity contribution in [2.45, 2.75) is 26.8 Å². The van der Waals surface area contributed by atoms with Gasteiger partial charge in [0.2, 0.25) is 0 Å². The molecular formula is C20H20FN3O. The minimum absolute atomic E-state index is 0.0533. The molecule has 0 aliphatic carbocycles. The number of pyridine rings is 1. The number of fused-ring (bicyclic) bond motifs is 1. The Morgan fingerprint density at radius 1 is 1.08 bits per heavy atom. The molecule has 0 saturated heterocycles. The van der Waals surface area contributed by atoms with Gasteiger partial charge in [-0.15, -0.1) is 0 Å². The Balaban J connectivity index is 1.91. The van der Waals surface area contributed by atoms with Gasteiger partial charge < -0.3 is 5.32 Å². The molecule has 1 heterocycles. The second-order valence-electron chi connectivity index (χ2n) is 6.34. The molecule has 2 N–H and O–H groups in total. The minimum atomic E-state index is -0.283. The molecule has 0 bridgehead atoms. The number of hydrogen-bond acceptors (Lipinski definition) is 2. The molecule has 0 radical (unpaired) electrons. The van der Waals surface area contributed by atoms with Gasteiger partial charge in [-0.3, -0.25) is 5.32 Å². The predicted molar refractivity (Wildman–Crippen MR) is 99.2 cm³/mol. The van der Waals surface area contributed by atoms with E-state index < -0.39 is 0 Å². The number of nitrogens with one attached hydrogen (secondary N) is 2. The van der Waals surface area contributed by atoms with Crippen molar-refractivity contribution in [3.05, 3.63) is 60.0 Å². The minimum Gasteiger partial charge on any atom is -0.336 e. The monoisotopic (exact) mass is 337 g/mol. The average Bonchev–Trinajstić information content (AvgIpc) is 2.56. The quantitative estimate of drug-likeness (QED) is 0.716. The third-order valence-electron chi connectivity index (χ3n) is 3.89. The van der Waals surface area contributed by atoms with E-state index in [2.05, 4.69) is 15.6 Å². The third-order valence-corrected chi connectivity index (χ3v) is 3.89. The van der Waals surface area contributed by atoms with Gasteiger partial charge in [0.15, 0.2) is 0 Å². The fourth-order valence-corrected chi connectivity index (χ4v) is 2.70. The van der Waals surface area contributed by atoms with Crippen molar-refractivity contribution in [2.24, 2.45) is 0 Å². The first-order chi connectivity index (χ1) is 11.9. The van der Waals surface area contributed by atoms with Crippen LogP contribution in [-0.2, 0) is 0 Å². The first-order valence-corrected chi connectivity index (χ1v) is 8.16. The summed E-state index contributed by atoms with van der Waals surface area (Å²) in [4.78, 5) is 16.1. The lowest BCUT2D eigenvalue weighted by atomic mass is 9.98. The first-order valence-electron chi connectivity index (χ1n) is 8.16. The number of carbonyl (C=O) groups excluding carboxylic acids is 1. The topological polar surface area (TPSA) is 54.0 Å². The molecule has 128 valence electrons. The number of halogens is 1. The van der Waals surface area contributed by atoms with Crippen molar-refractivity contribution in [2.75, 3.05) is 5.32 Å². The number of carbonyl (C=O) groups is 1. The standard InChI is InChI=1S/C20H20FN3O/c1-12(2)23-20(25)24-19-9-14-5-6-15(8-16(14)11-22-19)18-10-17(21)7-4-13(18)3/h4-12H,1-3H3,(H2,22,23,24,25). The molecule has 0 spiro atoms. The van der Waals surface area contributed by atoms with E-state index in [1.165, 1.54) is 12.1 Å². The highest BCUT2D eigenvalue weighted by molar-refractivity contribution is 5.93. The molecule has 25 heavy (non-hydrogen) atoms. The smallest absolute Gasteiger partial charge is 0.320 e. The van der Waals surface area contributed by atoms with Crippen LogP contribution in [0.5, 0.6) is 0 Å². The van der Waals surface area contributed by atoms with E-state index in [0.717, 1.165) is 27.5 Å².